The van der Waals surface area contributed by atoms with Crippen molar-refractivity contribution in [2.75, 3.05) is 26.2 Å². The van der Waals surface area contributed by atoms with E-state index in [0.717, 1.165) is 13.1 Å². The van der Waals surface area contributed by atoms with Crippen molar-refractivity contribution in [3.8, 4) is 0 Å². The van der Waals surface area contributed by atoms with Crippen molar-refractivity contribution in [1.29, 1.82) is 0 Å². The van der Waals surface area contributed by atoms with E-state index in [-0.39, 0.29) is 43.1 Å². The second-order valence-corrected chi connectivity index (χ2v) is 5.46. The van der Waals surface area contributed by atoms with E-state index in [9.17, 15) is 17.6 Å². The fourth-order valence-corrected chi connectivity index (χ4v) is 2.67. The molecule has 134 valence electrons. The SMILES string of the molecule is Cc1ccc([C@@H](CCC(F)(F)F)N2CCNCC2)cc1F.Cl.Cl. The van der Waals surface area contributed by atoms with E-state index in [4.69, 9.17) is 0 Å². The smallest absolute Gasteiger partial charge is 0.314 e. The normalized spacial score (nSPS) is 17.1. The molecule has 1 heterocycles. The highest BCUT2D eigenvalue weighted by molar-refractivity contribution is 5.85. The summed E-state index contributed by atoms with van der Waals surface area (Å²) < 4.78 is 51.3. The Kier molecular flexibility index (Phi) is 9.43. The molecule has 0 amide bonds. The summed E-state index contributed by atoms with van der Waals surface area (Å²) in [6, 6.07) is 4.36. The molecule has 0 radical (unpaired) electrons. The van der Waals surface area contributed by atoms with Crippen LogP contribution >= 0.6 is 24.8 Å². The number of benzene rings is 1. The first-order valence-corrected chi connectivity index (χ1v) is 7.14. The van der Waals surface area contributed by atoms with Gasteiger partial charge in [0.05, 0.1) is 0 Å². The summed E-state index contributed by atoms with van der Waals surface area (Å²) in [5.74, 6) is -0.361. The molecule has 1 atom stereocenters. The Morgan fingerprint density at radius 1 is 1.17 bits per heavy atom. The van der Waals surface area contributed by atoms with Crippen molar-refractivity contribution in [2.24, 2.45) is 0 Å². The van der Waals surface area contributed by atoms with Crippen molar-refractivity contribution >= 4 is 24.8 Å². The Hall–Kier alpha value is -0.560. The number of nitrogens with zero attached hydrogens (tertiary/aromatic N) is 1. The van der Waals surface area contributed by atoms with E-state index in [1.165, 1.54) is 6.07 Å². The molecular weight excluding hydrogens is 355 g/mol. The van der Waals surface area contributed by atoms with Crippen molar-refractivity contribution in [2.45, 2.75) is 32.0 Å². The van der Waals surface area contributed by atoms with Crippen LogP contribution in [0.1, 0.15) is 30.0 Å². The Labute approximate surface area is 146 Å². The quantitative estimate of drug-likeness (QED) is 0.789. The third-order valence-electron chi connectivity index (χ3n) is 3.87. The van der Waals surface area contributed by atoms with Crippen molar-refractivity contribution in [3.05, 3.63) is 35.1 Å². The number of alkyl halides is 3. The molecule has 0 saturated carbocycles. The lowest BCUT2D eigenvalue weighted by Crippen LogP contribution is -2.45. The lowest BCUT2D eigenvalue weighted by atomic mass is 9.98. The molecule has 23 heavy (non-hydrogen) atoms. The molecule has 1 N–H and O–H groups in total. The van der Waals surface area contributed by atoms with Gasteiger partial charge in [0.25, 0.3) is 0 Å². The van der Waals surface area contributed by atoms with Gasteiger partial charge in [0.2, 0.25) is 0 Å². The zero-order chi connectivity index (χ0) is 15.5. The minimum absolute atomic E-state index is 0. The second-order valence-electron chi connectivity index (χ2n) is 5.46. The molecule has 0 aromatic heterocycles. The van der Waals surface area contributed by atoms with Crippen molar-refractivity contribution in [3.63, 3.8) is 0 Å². The van der Waals surface area contributed by atoms with Crippen LogP contribution in [0.25, 0.3) is 0 Å². The Morgan fingerprint density at radius 2 is 1.78 bits per heavy atom. The molecule has 0 aliphatic carbocycles. The summed E-state index contributed by atoms with van der Waals surface area (Å²) in [4.78, 5) is 2.01. The van der Waals surface area contributed by atoms with Crippen molar-refractivity contribution < 1.29 is 17.6 Å². The standard InChI is InChI=1S/C15H20F4N2.2ClH/c1-11-2-3-12(10-13(11)16)14(4-5-15(17,18)19)21-8-6-20-7-9-21;;/h2-3,10,14,20H,4-9H2,1H3;2*1H/t14-;;/m1../s1. The van der Waals surface area contributed by atoms with Gasteiger partial charge in [-0.2, -0.15) is 13.2 Å². The van der Waals surface area contributed by atoms with E-state index in [1.54, 1.807) is 19.1 Å². The molecule has 1 aromatic carbocycles. The molecule has 0 bridgehead atoms. The first-order chi connectivity index (χ1) is 9.87. The summed E-state index contributed by atoms with van der Waals surface area (Å²) in [6.45, 7) is 4.50. The summed E-state index contributed by atoms with van der Waals surface area (Å²) in [7, 11) is 0. The van der Waals surface area contributed by atoms with Crippen LogP contribution in [-0.4, -0.2) is 37.3 Å². The molecule has 1 saturated heterocycles. The van der Waals surface area contributed by atoms with Gasteiger partial charge < -0.3 is 5.32 Å². The first kappa shape index (κ1) is 22.4. The Bertz CT molecular complexity index is 477. The van der Waals surface area contributed by atoms with Crippen molar-refractivity contribution in [1.82, 2.24) is 10.2 Å². The number of nitrogens with one attached hydrogen (secondary N) is 1. The largest absolute Gasteiger partial charge is 0.389 e. The van der Waals surface area contributed by atoms with Crippen LogP contribution in [0.2, 0.25) is 0 Å². The summed E-state index contributed by atoms with van der Waals surface area (Å²) in [5, 5.41) is 3.18. The molecule has 1 aliphatic rings. The van der Waals surface area contributed by atoms with Crippen LogP contribution < -0.4 is 5.32 Å². The first-order valence-electron chi connectivity index (χ1n) is 7.14. The maximum atomic E-state index is 13.7. The molecular formula is C15H22Cl2F4N2. The Morgan fingerprint density at radius 3 is 2.30 bits per heavy atom. The van der Waals surface area contributed by atoms with Crippen LogP contribution in [0.4, 0.5) is 17.6 Å². The molecule has 0 spiro atoms. The zero-order valence-electron chi connectivity index (χ0n) is 12.8. The molecule has 1 aromatic rings. The average molecular weight is 377 g/mol. The van der Waals surface area contributed by atoms with Gasteiger partial charge in [0.1, 0.15) is 5.82 Å². The summed E-state index contributed by atoms with van der Waals surface area (Å²) in [6.07, 6.45) is -5.07. The zero-order valence-corrected chi connectivity index (χ0v) is 14.5. The molecule has 2 rings (SSSR count). The number of rotatable bonds is 4. The van der Waals surface area contributed by atoms with E-state index in [2.05, 4.69) is 5.32 Å². The molecule has 1 aliphatic heterocycles. The van der Waals surface area contributed by atoms with Gasteiger partial charge in [0, 0.05) is 38.6 Å². The van der Waals surface area contributed by atoms with Crippen LogP contribution in [0.5, 0.6) is 0 Å². The number of hydrogen-bond donors (Lipinski definition) is 1. The third kappa shape index (κ3) is 6.83. The van der Waals surface area contributed by atoms with Gasteiger partial charge in [-0.25, -0.2) is 4.39 Å². The van der Waals surface area contributed by atoms with Gasteiger partial charge in [-0.15, -0.1) is 24.8 Å². The molecule has 1 fully saturated rings. The third-order valence-corrected chi connectivity index (χ3v) is 3.87. The van der Waals surface area contributed by atoms with Gasteiger partial charge in [-0.05, 0) is 30.5 Å². The minimum atomic E-state index is -4.18. The maximum absolute atomic E-state index is 13.7. The predicted molar refractivity (Wildman–Crippen MR) is 88.1 cm³/mol. The van der Waals surface area contributed by atoms with Crippen LogP contribution in [0.3, 0.4) is 0 Å². The highest BCUT2D eigenvalue weighted by atomic mass is 35.5. The van der Waals surface area contributed by atoms with E-state index < -0.39 is 12.6 Å². The fraction of sp³-hybridized carbons (Fsp3) is 0.600. The molecule has 2 nitrogen and oxygen atoms in total. The monoisotopic (exact) mass is 376 g/mol. The maximum Gasteiger partial charge on any atom is 0.389 e. The molecule has 8 heteroatoms. The second kappa shape index (κ2) is 9.67. The topological polar surface area (TPSA) is 15.3 Å². The van der Waals surface area contributed by atoms with Crippen LogP contribution in [-0.2, 0) is 0 Å². The lowest BCUT2D eigenvalue weighted by molar-refractivity contribution is -0.138. The van der Waals surface area contributed by atoms with Gasteiger partial charge in [-0.3, -0.25) is 4.90 Å². The highest BCUT2D eigenvalue weighted by Gasteiger charge is 2.31. The van der Waals surface area contributed by atoms with E-state index in [0.29, 0.717) is 24.2 Å². The average Bonchev–Trinajstić information content (AvgIpc) is 2.43. The fourth-order valence-electron chi connectivity index (χ4n) is 2.67. The minimum Gasteiger partial charge on any atom is -0.314 e. The van der Waals surface area contributed by atoms with Gasteiger partial charge in [0.15, 0.2) is 0 Å². The van der Waals surface area contributed by atoms with Crippen LogP contribution in [0.15, 0.2) is 18.2 Å². The van der Waals surface area contributed by atoms with Gasteiger partial charge >= 0.3 is 6.18 Å². The van der Waals surface area contributed by atoms with Crippen LogP contribution in [0, 0.1) is 12.7 Å². The Balaban J connectivity index is 0.00000242. The lowest BCUT2D eigenvalue weighted by Gasteiger charge is -2.35. The van der Waals surface area contributed by atoms with E-state index in [1.807, 2.05) is 4.90 Å². The number of hydrogen-bond acceptors (Lipinski definition) is 2. The predicted octanol–water partition coefficient (Wildman–Crippen LogP) is 4.27. The summed E-state index contributed by atoms with van der Waals surface area (Å²) in [5.41, 5.74) is 1.14. The molecule has 0 unspecified atom stereocenters. The van der Waals surface area contributed by atoms with Gasteiger partial charge in [-0.1, -0.05) is 12.1 Å². The highest BCUT2D eigenvalue weighted by Crippen LogP contribution is 2.32. The van der Waals surface area contributed by atoms with E-state index >= 15 is 0 Å². The summed E-state index contributed by atoms with van der Waals surface area (Å²) >= 11 is 0. The number of halogens is 6. The number of aryl methyl sites for hydroxylation is 1. The number of piperazine rings is 1.